The molecule has 0 bridgehead atoms. The Morgan fingerprint density at radius 2 is 2.10 bits per heavy atom. The van der Waals surface area contributed by atoms with Crippen molar-refractivity contribution in [3.05, 3.63) is 29.8 Å². The van der Waals surface area contributed by atoms with E-state index < -0.39 is 17.9 Å². The number of nitrogens with zero attached hydrogens (tertiary/aromatic N) is 1. The highest BCUT2D eigenvalue weighted by Crippen LogP contribution is 2.16. The van der Waals surface area contributed by atoms with Crippen LogP contribution in [0.25, 0.3) is 0 Å². The van der Waals surface area contributed by atoms with E-state index >= 15 is 0 Å². The van der Waals surface area contributed by atoms with Gasteiger partial charge in [0.1, 0.15) is 11.8 Å². The van der Waals surface area contributed by atoms with Crippen molar-refractivity contribution in [1.82, 2.24) is 4.90 Å². The van der Waals surface area contributed by atoms with Crippen LogP contribution in [0.2, 0.25) is 0 Å². The van der Waals surface area contributed by atoms with Gasteiger partial charge in [-0.3, -0.25) is 14.5 Å². The van der Waals surface area contributed by atoms with E-state index in [1.54, 1.807) is 12.1 Å². The Morgan fingerprint density at radius 3 is 2.71 bits per heavy atom. The fraction of sp³-hybridized carbons (Fsp3) is 0.429. The van der Waals surface area contributed by atoms with E-state index in [1.807, 2.05) is 17.0 Å². The smallest absolute Gasteiger partial charge is 0.323 e. The first-order valence-electron chi connectivity index (χ1n) is 6.61. The first-order chi connectivity index (χ1) is 10.1. The lowest BCUT2D eigenvalue weighted by atomic mass is 10.1. The van der Waals surface area contributed by atoms with Gasteiger partial charge < -0.3 is 20.3 Å². The summed E-state index contributed by atoms with van der Waals surface area (Å²) in [5.74, 6) is -0.859. The largest absolute Gasteiger partial charge is 0.484 e. The highest BCUT2D eigenvalue weighted by molar-refractivity contribution is 5.75. The average Bonchev–Trinajstić information content (AvgIpc) is 2.47. The number of primary amides is 1. The standard InChI is InChI=1S/C14H18N2O5/c15-13(17)9-21-11-3-1-10(2-4-11)7-16-5-6-20-8-12(16)14(18)19/h1-4,12H,5-9H2,(H2,15,17)(H,18,19). The van der Waals surface area contributed by atoms with Crippen molar-refractivity contribution < 1.29 is 24.2 Å². The molecule has 2 rings (SSSR count). The minimum atomic E-state index is -0.879. The number of carbonyl (C=O) groups is 2. The molecule has 0 radical (unpaired) electrons. The van der Waals surface area contributed by atoms with Gasteiger partial charge >= 0.3 is 5.97 Å². The predicted octanol–water partition coefficient (Wildman–Crippen LogP) is -0.164. The summed E-state index contributed by atoms with van der Waals surface area (Å²) in [6.07, 6.45) is 0. The molecule has 1 aromatic carbocycles. The van der Waals surface area contributed by atoms with Crippen molar-refractivity contribution in [2.24, 2.45) is 5.73 Å². The van der Waals surface area contributed by atoms with Crippen molar-refractivity contribution in [1.29, 1.82) is 0 Å². The highest BCUT2D eigenvalue weighted by Gasteiger charge is 2.28. The van der Waals surface area contributed by atoms with Gasteiger partial charge in [-0.05, 0) is 17.7 Å². The quantitative estimate of drug-likeness (QED) is 0.755. The first kappa shape index (κ1) is 15.3. The molecule has 3 N–H and O–H groups in total. The molecule has 0 saturated carbocycles. The molecule has 7 nitrogen and oxygen atoms in total. The van der Waals surface area contributed by atoms with Crippen LogP contribution in [0.5, 0.6) is 5.75 Å². The van der Waals surface area contributed by atoms with E-state index in [0.29, 0.717) is 25.4 Å². The number of carbonyl (C=O) groups excluding carboxylic acids is 1. The van der Waals surface area contributed by atoms with Gasteiger partial charge in [0.25, 0.3) is 5.91 Å². The van der Waals surface area contributed by atoms with E-state index in [0.717, 1.165) is 5.56 Å². The Hall–Kier alpha value is -2.12. The monoisotopic (exact) mass is 294 g/mol. The zero-order valence-electron chi connectivity index (χ0n) is 11.5. The minimum absolute atomic E-state index is 0.163. The highest BCUT2D eigenvalue weighted by atomic mass is 16.5. The van der Waals surface area contributed by atoms with Gasteiger partial charge in [-0.1, -0.05) is 12.1 Å². The second-order valence-corrected chi connectivity index (χ2v) is 4.80. The molecule has 1 saturated heterocycles. The van der Waals surface area contributed by atoms with E-state index in [1.165, 1.54) is 0 Å². The number of carboxylic acid groups (broad SMARTS) is 1. The Bertz CT molecular complexity index is 503. The molecule has 1 fully saturated rings. The van der Waals surface area contributed by atoms with Gasteiger partial charge in [0.05, 0.1) is 13.2 Å². The molecule has 114 valence electrons. The van der Waals surface area contributed by atoms with Gasteiger partial charge in [0.2, 0.25) is 0 Å². The number of hydrogen-bond donors (Lipinski definition) is 2. The number of benzene rings is 1. The van der Waals surface area contributed by atoms with E-state index in [-0.39, 0.29) is 13.2 Å². The molecule has 1 unspecified atom stereocenters. The van der Waals surface area contributed by atoms with Crippen LogP contribution in [0, 0.1) is 0 Å². The van der Waals surface area contributed by atoms with E-state index in [9.17, 15) is 9.59 Å². The molecule has 7 heteroatoms. The zero-order valence-corrected chi connectivity index (χ0v) is 11.5. The molecule has 1 aromatic rings. The van der Waals surface area contributed by atoms with Crippen molar-refractivity contribution in [2.75, 3.05) is 26.4 Å². The van der Waals surface area contributed by atoms with Crippen molar-refractivity contribution in [2.45, 2.75) is 12.6 Å². The summed E-state index contributed by atoms with van der Waals surface area (Å²) >= 11 is 0. The molecular weight excluding hydrogens is 276 g/mol. The van der Waals surface area contributed by atoms with Gasteiger partial charge in [-0.25, -0.2) is 0 Å². The van der Waals surface area contributed by atoms with Crippen LogP contribution in [0.3, 0.4) is 0 Å². The Balaban J connectivity index is 1.95. The van der Waals surface area contributed by atoms with Crippen LogP contribution in [-0.4, -0.2) is 54.3 Å². The molecule has 1 aliphatic rings. The van der Waals surface area contributed by atoms with Crippen LogP contribution in [-0.2, 0) is 20.9 Å². The summed E-state index contributed by atoms with van der Waals surface area (Å²) in [6, 6.07) is 6.52. The minimum Gasteiger partial charge on any atom is -0.484 e. The molecule has 0 spiro atoms. The summed E-state index contributed by atoms with van der Waals surface area (Å²) in [5, 5.41) is 9.17. The maximum absolute atomic E-state index is 11.2. The number of ether oxygens (including phenoxy) is 2. The van der Waals surface area contributed by atoms with Crippen LogP contribution >= 0.6 is 0 Å². The molecule has 21 heavy (non-hydrogen) atoms. The maximum Gasteiger partial charge on any atom is 0.323 e. The zero-order chi connectivity index (χ0) is 15.2. The fourth-order valence-electron chi connectivity index (χ4n) is 2.13. The number of aliphatic carboxylic acids is 1. The SMILES string of the molecule is NC(=O)COc1ccc(CN2CCOCC2C(=O)O)cc1. The van der Waals surface area contributed by atoms with Crippen molar-refractivity contribution >= 4 is 11.9 Å². The summed E-state index contributed by atoms with van der Waals surface area (Å²) in [6.45, 7) is 1.68. The normalized spacial score (nSPS) is 19.1. The third-order valence-electron chi connectivity index (χ3n) is 3.21. The number of carboxylic acids is 1. The lowest BCUT2D eigenvalue weighted by Crippen LogP contribution is -2.49. The van der Waals surface area contributed by atoms with Crippen LogP contribution in [0.4, 0.5) is 0 Å². The summed E-state index contributed by atoms with van der Waals surface area (Å²) in [7, 11) is 0. The van der Waals surface area contributed by atoms with Crippen molar-refractivity contribution in [3.63, 3.8) is 0 Å². The molecule has 1 aliphatic heterocycles. The topological polar surface area (TPSA) is 102 Å². The molecule has 1 amide bonds. The molecule has 0 aliphatic carbocycles. The Labute approximate surface area is 122 Å². The summed E-state index contributed by atoms with van der Waals surface area (Å²) in [4.78, 5) is 23.7. The van der Waals surface area contributed by atoms with Crippen LogP contribution < -0.4 is 10.5 Å². The van der Waals surface area contributed by atoms with Gasteiger partial charge in [-0.15, -0.1) is 0 Å². The van der Waals surface area contributed by atoms with Gasteiger partial charge in [-0.2, -0.15) is 0 Å². The molecule has 1 heterocycles. The number of nitrogens with two attached hydrogens (primary N) is 1. The van der Waals surface area contributed by atoms with Crippen LogP contribution in [0.15, 0.2) is 24.3 Å². The first-order valence-corrected chi connectivity index (χ1v) is 6.61. The fourth-order valence-corrected chi connectivity index (χ4v) is 2.13. The Morgan fingerprint density at radius 1 is 1.38 bits per heavy atom. The number of rotatable bonds is 6. The summed E-state index contributed by atoms with van der Waals surface area (Å²) < 4.78 is 10.4. The number of hydrogen-bond acceptors (Lipinski definition) is 5. The second-order valence-electron chi connectivity index (χ2n) is 4.80. The lowest BCUT2D eigenvalue weighted by Gasteiger charge is -2.32. The van der Waals surface area contributed by atoms with Gasteiger partial charge in [0.15, 0.2) is 6.61 Å². The van der Waals surface area contributed by atoms with Crippen molar-refractivity contribution in [3.8, 4) is 5.75 Å². The number of amides is 1. The maximum atomic E-state index is 11.2. The van der Waals surface area contributed by atoms with Gasteiger partial charge in [0, 0.05) is 13.1 Å². The lowest BCUT2D eigenvalue weighted by molar-refractivity contribution is -0.150. The summed E-state index contributed by atoms with van der Waals surface area (Å²) in [5.41, 5.74) is 5.97. The number of morpholine rings is 1. The molecular formula is C14H18N2O5. The van der Waals surface area contributed by atoms with E-state index in [2.05, 4.69) is 0 Å². The second kappa shape index (κ2) is 7.05. The Kier molecular flexibility index (Phi) is 5.13. The third kappa shape index (κ3) is 4.44. The predicted molar refractivity (Wildman–Crippen MR) is 73.8 cm³/mol. The van der Waals surface area contributed by atoms with Crippen LogP contribution in [0.1, 0.15) is 5.56 Å². The average molecular weight is 294 g/mol. The third-order valence-corrected chi connectivity index (χ3v) is 3.21. The van der Waals surface area contributed by atoms with E-state index in [4.69, 9.17) is 20.3 Å². The molecule has 0 aromatic heterocycles. The molecule has 1 atom stereocenters.